The fourth-order valence-electron chi connectivity index (χ4n) is 2.20. The molecular formula is C12H19N3O. The Balaban J connectivity index is 2.02. The van der Waals surface area contributed by atoms with Gasteiger partial charge in [-0.3, -0.25) is 4.79 Å². The second-order valence-electron chi connectivity index (χ2n) is 4.44. The molecule has 1 fully saturated rings. The Morgan fingerprint density at radius 2 is 2.19 bits per heavy atom. The van der Waals surface area contributed by atoms with Gasteiger partial charge in [-0.05, 0) is 31.9 Å². The molecule has 1 aliphatic rings. The molecule has 1 amide bonds. The summed E-state index contributed by atoms with van der Waals surface area (Å²) in [5.74, 6) is 0.204. The molecule has 1 atom stereocenters. The molecule has 0 radical (unpaired) electrons. The lowest BCUT2D eigenvalue weighted by atomic mass is 10.2. The molecule has 0 spiro atoms. The Labute approximate surface area is 96.0 Å². The summed E-state index contributed by atoms with van der Waals surface area (Å²) in [6.07, 6.45) is 4.20. The van der Waals surface area contributed by atoms with Crippen molar-refractivity contribution in [3.8, 4) is 0 Å². The fraction of sp³-hybridized carbons (Fsp3) is 0.583. The third-order valence-electron chi connectivity index (χ3n) is 3.10. The Morgan fingerprint density at radius 1 is 1.50 bits per heavy atom. The molecule has 1 saturated heterocycles. The summed E-state index contributed by atoms with van der Waals surface area (Å²) in [5.41, 5.74) is 6.86. The SMILES string of the molecule is CC(N)c1cccn1CC(=O)N1CCCC1. The summed E-state index contributed by atoms with van der Waals surface area (Å²) in [7, 11) is 0. The summed E-state index contributed by atoms with van der Waals surface area (Å²) in [6.45, 7) is 4.18. The number of nitrogens with two attached hydrogens (primary N) is 1. The molecule has 0 saturated carbocycles. The quantitative estimate of drug-likeness (QED) is 0.832. The number of amides is 1. The highest BCUT2D eigenvalue weighted by Gasteiger charge is 2.18. The molecule has 88 valence electrons. The van der Waals surface area contributed by atoms with Crippen LogP contribution < -0.4 is 5.73 Å². The average molecular weight is 221 g/mol. The zero-order chi connectivity index (χ0) is 11.5. The van der Waals surface area contributed by atoms with Crippen molar-refractivity contribution in [1.82, 2.24) is 9.47 Å². The maximum atomic E-state index is 12.0. The Kier molecular flexibility index (Phi) is 3.29. The van der Waals surface area contributed by atoms with Crippen LogP contribution >= 0.6 is 0 Å². The van der Waals surface area contributed by atoms with E-state index in [2.05, 4.69) is 0 Å². The first-order chi connectivity index (χ1) is 7.68. The van der Waals surface area contributed by atoms with E-state index in [0.717, 1.165) is 31.6 Å². The van der Waals surface area contributed by atoms with E-state index >= 15 is 0 Å². The molecule has 0 aliphatic carbocycles. The third-order valence-corrected chi connectivity index (χ3v) is 3.10. The van der Waals surface area contributed by atoms with Crippen LogP contribution in [0.15, 0.2) is 18.3 Å². The normalized spacial score (nSPS) is 17.8. The van der Waals surface area contributed by atoms with Gasteiger partial charge in [0, 0.05) is 31.0 Å². The van der Waals surface area contributed by atoms with Crippen molar-refractivity contribution in [2.75, 3.05) is 13.1 Å². The third kappa shape index (κ3) is 2.27. The number of rotatable bonds is 3. The van der Waals surface area contributed by atoms with Crippen molar-refractivity contribution < 1.29 is 4.79 Å². The molecule has 2 heterocycles. The van der Waals surface area contributed by atoms with E-state index in [0.29, 0.717) is 6.54 Å². The van der Waals surface area contributed by atoms with E-state index in [1.807, 2.05) is 34.7 Å². The number of likely N-dealkylation sites (tertiary alicyclic amines) is 1. The largest absolute Gasteiger partial charge is 0.341 e. The van der Waals surface area contributed by atoms with Gasteiger partial charge >= 0.3 is 0 Å². The van der Waals surface area contributed by atoms with Crippen LogP contribution in [0.3, 0.4) is 0 Å². The van der Waals surface area contributed by atoms with Gasteiger partial charge in [-0.1, -0.05) is 0 Å². The molecular weight excluding hydrogens is 202 g/mol. The molecule has 1 unspecified atom stereocenters. The van der Waals surface area contributed by atoms with Gasteiger partial charge in [-0.25, -0.2) is 0 Å². The molecule has 2 rings (SSSR count). The van der Waals surface area contributed by atoms with Gasteiger partial charge in [0.2, 0.25) is 5.91 Å². The predicted molar refractivity (Wildman–Crippen MR) is 62.8 cm³/mol. The minimum atomic E-state index is -0.0265. The van der Waals surface area contributed by atoms with E-state index in [9.17, 15) is 4.79 Å². The number of nitrogens with zero attached hydrogens (tertiary/aromatic N) is 2. The van der Waals surface area contributed by atoms with Gasteiger partial charge in [-0.15, -0.1) is 0 Å². The van der Waals surface area contributed by atoms with E-state index in [4.69, 9.17) is 5.73 Å². The van der Waals surface area contributed by atoms with Gasteiger partial charge in [0.15, 0.2) is 0 Å². The summed E-state index contributed by atoms with van der Waals surface area (Å²) in [5, 5.41) is 0. The lowest BCUT2D eigenvalue weighted by Gasteiger charge is -2.17. The minimum absolute atomic E-state index is 0.0265. The summed E-state index contributed by atoms with van der Waals surface area (Å²) < 4.78 is 1.95. The van der Waals surface area contributed by atoms with Crippen LogP contribution in [-0.2, 0) is 11.3 Å². The van der Waals surface area contributed by atoms with Crippen LogP contribution in [0.25, 0.3) is 0 Å². The molecule has 1 aromatic heterocycles. The second-order valence-corrected chi connectivity index (χ2v) is 4.44. The topological polar surface area (TPSA) is 51.3 Å². The predicted octanol–water partition coefficient (Wildman–Crippen LogP) is 1.13. The van der Waals surface area contributed by atoms with Crippen molar-refractivity contribution in [3.63, 3.8) is 0 Å². The van der Waals surface area contributed by atoms with Crippen molar-refractivity contribution in [2.45, 2.75) is 32.4 Å². The van der Waals surface area contributed by atoms with E-state index in [1.54, 1.807) is 0 Å². The zero-order valence-electron chi connectivity index (χ0n) is 9.72. The Bertz CT molecular complexity index is 364. The smallest absolute Gasteiger partial charge is 0.242 e. The maximum Gasteiger partial charge on any atom is 0.242 e. The number of hydrogen-bond acceptors (Lipinski definition) is 2. The Hall–Kier alpha value is -1.29. The molecule has 4 heteroatoms. The van der Waals surface area contributed by atoms with Crippen LogP contribution in [-0.4, -0.2) is 28.5 Å². The number of aromatic nitrogens is 1. The van der Waals surface area contributed by atoms with Gasteiger partial charge in [0.05, 0.1) is 0 Å². The van der Waals surface area contributed by atoms with Crippen LogP contribution in [0.4, 0.5) is 0 Å². The van der Waals surface area contributed by atoms with Crippen molar-refractivity contribution in [1.29, 1.82) is 0 Å². The highest BCUT2D eigenvalue weighted by Crippen LogP contribution is 2.13. The first-order valence-corrected chi connectivity index (χ1v) is 5.87. The number of carbonyl (C=O) groups excluding carboxylic acids is 1. The summed E-state index contributed by atoms with van der Waals surface area (Å²) in [6, 6.07) is 3.89. The highest BCUT2D eigenvalue weighted by molar-refractivity contribution is 5.76. The molecule has 2 N–H and O–H groups in total. The average Bonchev–Trinajstić information content (AvgIpc) is 2.86. The summed E-state index contributed by atoms with van der Waals surface area (Å²) >= 11 is 0. The molecule has 4 nitrogen and oxygen atoms in total. The van der Waals surface area contributed by atoms with E-state index in [1.165, 1.54) is 0 Å². The molecule has 16 heavy (non-hydrogen) atoms. The molecule has 0 bridgehead atoms. The lowest BCUT2D eigenvalue weighted by molar-refractivity contribution is -0.130. The van der Waals surface area contributed by atoms with Gasteiger partial charge < -0.3 is 15.2 Å². The van der Waals surface area contributed by atoms with Crippen molar-refractivity contribution >= 4 is 5.91 Å². The molecule has 0 aromatic carbocycles. The Morgan fingerprint density at radius 3 is 2.81 bits per heavy atom. The van der Waals surface area contributed by atoms with Gasteiger partial charge in [0.25, 0.3) is 0 Å². The van der Waals surface area contributed by atoms with Crippen molar-refractivity contribution in [3.05, 3.63) is 24.0 Å². The molecule has 1 aliphatic heterocycles. The standard InChI is InChI=1S/C12H19N3O/c1-10(13)11-5-4-8-15(11)9-12(16)14-6-2-3-7-14/h4-5,8,10H,2-3,6-7,9,13H2,1H3. The molecule has 1 aromatic rings. The van der Waals surface area contributed by atoms with E-state index < -0.39 is 0 Å². The number of carbonyl (C=O) groups is 1. The first kappa shape index (κ1) is 11.2. The van der Waals surface area contributed by atoms with Crippen LogP contribution in [0, 0.1) is 0 Å². The second kappa shape index (κ2) is 4.70. The van der Waals surface area contributed by atoms with Gasteiger partial charge in [0.1, 0.15) is 6.54 Å². The fourth-order valence-corrected chi connectivity index (χ4v) is 2.20. The van der Waals surface area contributed by atoms with E-state index in [-0.39, 0.29) is 11.9 Å². The maximum absolute atomic E-state index is 12.0. The first-order valence-electron chi connectivity index (χ1n) is 5.87. The van der Waals surface area contributed by atoms with Crippen molar-refractivity contribution in [2.24, 2.45) is 5.73 Å². The number of hydrogen-bond donors (Lipinski definition) is 1. The zero-order valence-corrected chi connectivity index (χ0v) is 9.72. The lowest BCUT2D eigenvalue weighted by Crippen LogP contribution is -2.31. The highest BCUT2D eigenvalue weighted by atomic mass is 16.2. The van der Waals surface area contributed by atoms with Crippen LogP contribution in [0.5, 0.6) is 0 Å². The monoisotopic (exact) mass is 221 g/mol. The minimum Gasteiger partial charge on any atom is -0.341 e. The summed E-state index contributed by atoms with van der Waals surface area (Å²) in [4.78, 5) is 13.9. The van der Waals surface area contributed by atoms with Crippen LogP contribution in [0.1, 0.15) is 31.5 Å². The van der Waals surface area contributed by atoms with Crippen LogP contribution in [0.2, 0.25) is 0 Å². The van der Waals surface area contributed by atoms with Gasteiger partial charge in [-0.2, -0.15) is 0 Å².